The Bertz CT molecular complexity index is 1310. The van der Waals surface area contributed by atoms with Crippen LogP contribution in [0.2, 0.25) is 0 Å². The minimum absolute atomic E-state index is 0.0489. The molecule has 2 unspecified atom stereocenters. The predicted molar refractivity (Wildman–Crippen MR) is 120 cm³/mol. The van der Waals surface area contributed by atoms with E-state index in [1.54, 1.807) is 6.07 Å². The fourth-order valence-corrected chi connectivity index (χ4v) is 5.84. The average Bonchev–Trinajstić information content (AvgIpc) is 3.00. The number of nitro groups is 1. The number of non-ortho nitro benzene ring substituents is 1. The maximum absolute atomic E-state index is 13.9. The first-order valence-corrected chi connectivity index (χ1v) is 10.8. The number of carbonyl (C=O) groups excluding carboxylic acids is 1. The fraction of sp³-hybridized carbons (Fsp3) is 0.400. The number of benzene rings is 2. The highest BCUT2D eigenvalue weighted by atomic mass is 16.6. The third kappa shape index (κ3) is 2.45. The summed E-state index contributed by atoms with van der Waals surface area (Å²) in [5.74, 6) is 0.179. The zero-order valence-corrected chi connectivity index (χ0v) is 18.9. The second-order valence-electron chi connectivity index (χ2n) is 9.93. The molecule has 1 heterocycles. The molecule has 2 aliphatic carbocycles. The van der Waals surface area contributed by atoms with Crippen LogP contribution in [0.3, 0.4) is 0 Å². The van der Waals surface area contributed by atoms with E-state index >= 15 is 0 Å². The first-order chi connectivity index (χ1) is 15.0. The molecule has 2 aromatic carbocycles. The summed E-state index contributed by atoms with van der Waals surface area (Å²) in [4.78, 5) is 34.4. The first kappa shape index (κ1) is 20.5. The quantitative estimate of drug-likeness (QED) is 0.248. The number of nitrogens with zero attached hydrogens (tertiary/aromatic N) is 3. The van der Waals surface area contributed by atoms with Gasteiger partial charge in [-0.2, -0.15) is 0 Å². The van der Waals surface area contributed by atoms with Crippen LogP contribution in [0.1, 0.15) is 56.1 Å². The monoisotopic (exact) mass is 431 g/mol. The van der Waals surface area contributed by atoms with Gasteiger partial charge in [-0.1, -0.05) is 26.8 Å². The van der Waals surface area contributed by atoms with Gasteiger partial charge in [-0.3, -0.25) is 14.9 Å². The molecular weight excluding hydrogens is 406 g/mol. The van der Waals surface area contributed by atoms with Crippen LogP contribution in [-0.2, 0) is 15.6 Å². The Hall–Kier alpha value is -3.35. The van der Waals surface area contributed by atoms with E-state index in [0.717, 1.165) is 23.2 Å². The maximum Gasteiger partial charge on any atom is 0.324 e. The van der Waals surface area contributed by atoms with Gasteiger partial charge in [0.2, 0.25) is 0 Å². The van der Waals surface area contributed by atoms with E-state index in [4.69, 9.17) is 14.7 Å². The average molecular weight is 431 g/mol. The summed E-state index contributed by atoms with van der Waals surface area (Å²) in [6.07, 6.45) is 1.39. The Labute approximate surface area is 186 Å². The number of hydrogen-bond acceptors (Lipinski definition) is 6. The Kier molecular flexibility index (Phi) is 4.07. The minimum Gasteiger partial charge on any atom is -0.426 e. The Morgan fingerprint density at radius 3 is 2.28 bits per heavy atom. The van der Waals surface area contributed by atoms with Crippen molar-refractivity contribution in [2.75, 3.05) is 0 Å². The number of aromatic nitrogens is 2. The molecule has 0 N–H and O–H groups in total. The minimum atomic E-state index is -0.972. The standard InChI is InChI=1S/C25H25N3O4/c1-14-10-15(2)12-17(11-14)32-22(29)25-9-8-24(5,23(25,3)4)20-21(25)27-19-13-16(28(30)31)6-7-18(19)26-20/h6-7,10-13H,8-9H2,1-5H3. The molecule has 2 bridgehead atoms. The number of nitro benzene ring substituents is 1. The summed E-state index contributed by atoms with van der Waals surface area (Å²) in [6.45, 7) is 10.2. The number of ether oxygens (including phenoxy) is 1. The molecule has 0 aliphatic heterocycles. The largest absolute Gasteiger partial charge is 0.426 e. The van der Waals surface area contributed by atoms with E-state index in [1.807, 2.05) is 32.0 Å². The third-order valence-corrected chi connectivity index (χ3v) is 7.99. The highest BCUT2D eigenvalue weighted by molar-refractivity contribution is 5.90. The molecule has 1 saturated carbocycles. The van der Waals surface area contributed by atoms with E-state index in [2.05, 4.69) is 20.8 Å². The number of fused-ring (bicyclic) bond motifs is 6. The molecule has 0 saturated heterocycles. The van der Waals surface area contributed by atoms with Crippen LogP contribution in [0.15, 0.2) is 36.4 Å². The van der Waals surface area contributed by atoms with E-state index in [0.29, 0.717) is 28.9 Å². The summed E-state index contributed by atoms with van der Waals surface area (Å²) in [6, 6.07) is 10.2. The highest BCUT2D eigenvalue weighted by Crippen LogP contribution is 2.70. The van der Waals surface area contributed by atoms with Crippen molar-refractivity contribution in [3.05, 3.63) is 69.0 Å². The molecule has 2 atom stereocenters. The van der Waals surface area contributed by atoms with E-state index in [1.165, 1.54) is 12.1 Å². The molecule has 1 fully saturated rings. The molecule has 0 radical (unpaired) electrons. The molecular formula is C25H25N3O4. The van der Waals surface area contributed by atoms with E-state index in [9.17, 15) is 14.9 Å². The first-order valence-electron chi connectivity index (χ1n) is 10.8. The van der Waals surface area contributed by atoms with Crippen molar-refractivity contribution in [2.24, 2.45) is 5.41 Å². The second-order valence-corrected chi connectivity index (χ2v) is 9.93. The van der Waals surface area contributed by atoms with Crippen molar-refractivity contribution in [2.45, 2.75) is 58.3 Å². The van der Waals surface area contributed by atoms with Crippen LogP contribution in [-0.4, -0.2) is 20.9 Å². The number of rotatable bonds is 3. The van der Waals surface area contributed by atoms with Crippen molar-refractivity contribution in [3.8, 4) is 5.75 Å². The lowest BCUT2D eigenvalue weighted by molar-refractivity contribution is -0.384. The number of aryl methyl sites for hydroxylation is 2. The van der Waals surface area contributed by atoms with Crippen molar-refractivity contribution in [1.82, 2.24) is 9.97 Å². The Morgan fingerprint density at radius 2 is 1.62 bits per heavy atom. The van der Waals surface area contributed by atoms with Crippen LogP contribution >= 0.6 is 0 Å². The highest BCUT2D eigenvalue weighted by Gasteiger charge is 2.74. The second kappa shape index (κ2) is 6.34. The van der Waals surface area contributed by atoms with Gasteiger partial charge in [0.15, 0.2) is 0 Å². The van der Waals surface area contributed by atoms with Crippen molar-refractivity contribution < 1.29 is 14.5 Å². The van der Waals surface area contributed by atoms with Crippen molar-refractivity contribution >= 4 is 22.7 Å². The number of hydrogen-bond donors (Lipinski definition) is 0. The van der Waals surface area contributed by atoms with Crippen molar-refractivity contribution in [1.29, 1.82) is 0 Å². The molecule has 2 aliphatic rings. The zero-order chi connectivity index (χ0) is 23.1. The van der Waals surface area contributed by atoms with Crippen LogP contribution in [0.4, 0.5) is 5.69 Å². The molecule has 3 aromatic rings. The molecule has 7 nitrogen and oxygen atoms in total. The van der Waals surface area contributed by atoms with Gasteiger partial charge in [0.1, 0.15) is 11.2 Å². The molecule has 1 aromatic heterocycles. The lowest BCUT2D eigenvalue weighted by Gasteiger charge is -2.38. The molecule has 164 valence electrons. The van der Waals surface area contributed by atoms with Gasteiger partial charge < -0.3 is 4.74 Å². The summed E-state index contributed by atoms with van der Waals surface area (Å²) in [7, 11) is 0. The molecule has 0 spiro atoms. The maximum atomic E-state index is 13.9. The number of carbonyl (C=O) groups is 1. The lowest BCUT2D eigenvalue weighted by atomic mass is 9.64. The van der Waals surface area contributed by atoms with Gasteiger partial charge in [0.25, 0.3) is 5.69 Å². The van der Waals surface area contributed by atoms with Crippen molar-refractivity contribution in [3.63, 3.8) is 0 Å². The third-order valence-electron chi connectivity index (χ3n) is 7.99. The summed E-state index contributed by atoms with van der Waals surface area (Å²) in [5.41, 5.74) is 2.59. The molecule has 32 heavy (non-hydrogen) atoms. The normalized spacial score (nSPS) is 25.0. The van der Waals surface area contributed by atoms with Gasteiger partial charge in [-0.15, -0.1) is 0 Å². The van der Waals surface area contributed by atoms with E-state index in [-0.39, 0.29) is 17.1 Å². The summed E-state index contributed by atoms with van der Waals surface area (Å²) >= 11 is 0. The lowest BCUT2D eigenvalue weighted by Crippen LogP contribution is -2.48. The smallest absolute Gasteiger partial charge is 0.324 e. The Balaban J connectivity index is 1.70. The van der Waals surface area contributed by atoms with Gasteiger partial charge in [-0.05, 0) is 61.4 Å². The van der Waals surface area contributed by atoms with Crippen LogP contribution < -0.4 is 4.74 Å². The fourth-order valence-electron chi connectivity index (χ4n) is 5.84. The number of esters is 1. The van der Waals surface area contributed by atoms with Gasteiger partial charge in [0.05, 0.1) is 27.3 Å². The van der Waals surface area contributed by atoms with Crippen LogP contribution in [0, 0.1) is 29.4 Å². The zero-order valence-electron chi connectivity index (χ0n) is 18.9. The molecule has 5 rings (SSSR count). The van der Waals surface area contributed by atoms with Crippen LogP contribution in [0.5, 0.6) is 5.75 Å². The van der Waals surface area contributed by atoms with Gasteiger partial charge in [-0.25, -0.2) is 9.97 Å². The van der Waals surface area contributed by atoms with E-state index < -0.39 is 15.8 Å². The summed E-state index contributed by atoms with van der Waals surface area (Å²) in [5, 5.41) is 11.3. The summed E-state index contributed by atoms with van der Waals surface area (Å²) < 4.78 is 5.98. The van der Waals surface area contributed by atoms with Crippen LogP contribution in [0.25, 0.3) is 11.0 Å². The molecule has 7 heteroatoms. The SMILES string of the molecule is Cc1cc(C)cc(OC(=O)C23CCC(C)(c4nc5ccc([N+](=O)[O-])cc5nc42)C3(C)C)c1. The van der Waals surface area contributed by atoms with Gasteiger partial charge >= 0.3 is 5.97 Å². The Morgan fingerprint density at radius 1 is 0.969 bits per heavy atom. The predicted octanol–water partition coefficient (Wildman–Crippen LogP) is 5.09. The molecule has 0 amide bonds. The topological polar surface area (TPSA) is 95.2 Å². The van der Waals surface area contributed by atoms with Gasteiger partial charge in [0, 0.05) is 17.5 Å².